The van der Waals surface area contributed by atoms with Crippen LogP contribution in [-0.4, -0.2) is 77.0 Å². The van der Waals surface area contributed by atoms with E-state index in [1.165, 1.54) is 5.69 Å². The molecule has 2 aromatic rings. The normalized spacial score (nSPS) is 19.6. The van der Waals surface area contributed by atoms with Gasteiger partial charge in [-0.15, -0.1) is 0 Å². The molecule has 0 bridgehead atoms. The van der Waals surface area contributed by atoms with E-state index in [0.717, 1.165) is 63.2 Å². The fourth-order valence-corrected chi connectivity index (χ4v) is 4.92. The number of nitrogens with one attached hydrogen (secondary N) is 1. The van der Waals surface area contributed by atoms with Gasteiger partial charge in [0.15, 0.2) is 5.69 Å². The SMILES string of the molecule is CN(Cc1ccccc1)C(=O)c1nn(C)c2c1CC(NCC(C)(C)N1CCOCC1)CC2. The third-order valence-corrected chi connectivity index (χ3v) is 6.96. The van der Waals surface area contributed by atoms with Crippen molar-refractivity contribution in [2.75, 3.05) is 39.9 Å². The largest absolute Gasteiger partial charge is 0.379 e. The topological polar surface area (TPSA) is 62.6 Å². The zero-order valence-corrected chi connectivity index (χ0v) is 19.9. The van der Waals surface area contributed by atoms with Gasteiger partial charge in [-0.2, -0.15) is 5.10 Å². The number of benzene rings is 1. The molecule has 1 amide bonds. The molecule has 2 heterocycles. The molecule has 1 N–H and O–H groups in total. The molecule has 1 aromatic heterocycles. The van der Waals surface area contributed by atoms with Crippen molar-refractivity contribution in [3.63, 3.8) is 0 Å². The summed E-state index contributed by atoms with van der Waals surface area (Å²) in [6, 6.07) is 10.5. The van der Waals surface area contributed by atoms with Crippen molar-refractivity contribution in [1.29, 1.82) is 0 Å². The Bertz CT molecular complexity index is 918. The van der Waals surface area contributed by atoms with Crippen molar-refractivity contribution in [3.05, 3.63) is 52.8 Å². The van der Waals surface area contributed by atoms with E-state index in [0.29, 0.717) is 18.3 Å². The monoisotopic (exact) mass is 439 g/mol. The van der Waals surface area contributed by atoms with Gasteiger partial charge in [-0.1, -0.05) is 30.3 Å². The first kappa shape index (κ1) is 23.0. The van der Waals surface area contributed by atoms with E-state index in [1.54, 1.807) is 4.90 Å². The second-order valence-corrected chi connectivity index (χ2v) is 9.78. The first-order valence-corrected chi connectivity index (χ1v) is 11.8. The summed E-state index contributed by atoms with van der Waals surface area (Å²) in [5.74, 6) is -0.000000320. The Hall–Kier alpha value is -2.22. The Balaban J connectivity index is 1.42. The maximum atomic E-state index is 13.3. The number of nitrogens with zero attached hydrogens (tertiary/aromatic N) is 4. The van der Waals surface area contributed by atoms with Gasteiger partial charge >= 0.3 is 0 Å². The summed E-state index contributed by atoms with van der Waals surface area (Å²) in [6.45, 7) is 9.71. The molecule has 1 fully saturated rings. The van der Waals surface area contributed by atoms with Gasteiger partial charge in [-0.3, -0.25) is 14.4 Å². The Morgan fingerprint density at radius 2 is 1.97 bits per heavy atom. The predicted octanol–water partition coefficient (Wildman–Crippen LogP) is 2.25. The molecule has 1 atom stereocenters. The number of carbonyl (C=O) groups is 1. The summed E-state index contributed by atoms with van der Waals surface area (Å²) in [4.78, 5) is 17.6. The standard InChI is InChI=1S/C25H37N5O2/c1-25(2,30-12-14-32-15-13-30)18-26-20-10-11-22-21(16-20)23(27-29(22)4)24(31)28(3)17-19-8-6-5-7-9-19/h5-9,20,26H,10-18H2,1-4H3. The third kappa shape index (κ3) is 5.05. The number of morpholine rings is 1. The molecular formula is C25H37N5O2. The van der Waals surface area contributed by atoms with Gasteiger partial charge in [0.25, 0.3) is 5.91 Å². The molecule has 1 aliphatic heterocycles. The molecule has 1 aromatic carbocycles. The lowest BCUT2D eigenvalue weighted by molar-refractivity contribution is -0.0104. The smallest absolute Gasteiger partial charge is 0.274 e. The van der Waals surface area contributed by atoms with E-state index in [1.807, 2.05) is 49.1 Å². The predicted molar refractivity (Wildman–Crippen MR) is 126 cm³/mol. The first-order valence-electron chi connectivity index (χ1n) is 11.8. The molecule has 0 saturated carbocycles. The van der Waals surface area contributed by atoms with E-state index in [2.05, 4.69) is 29.2 Å². The minimum atomic E-state index is -0.000000320. The first-order chi connectivity index (χ1) is 15.3. The zero-order valence-electron chi connectivity index (χ0n) is 19.9. The molecule has 1 saturated heterocycles. The summed E-state index contributed by atoms with van der Waals surface area (Å²) in [7, 11) is 3.82. The molecular weight excluding hydrogens is 402 g/mol. The second kappa shape index (κ2) is 9.73. The Morgan fingerprint density at radius 1 is 1.25 bits per heavy atom. The van der Waals surface area contributed by atoms with Crippen LogP contribution >= 0.6 is 0 Å². The molecule has 2 aliphatic rings. The maximum Gasteiger partial charge on any atom is 0.274 e. The molecule has 174 valence electrons. The van der Waals surface area contributed by atoms with E-state index < -0.39 is 0 Å². The lowest BCUT2D eigenvalue weighted by atomic mass is 9.90. The highest BCUT2D eigenvalue weighted by atomic mass is 16.5. The summed E-state index contributed by atoms with van der Waals surface area (Å²) < 4.78 is 7.43. The van der Waals surface area contributed by atoms with Gasteiger partial charge in [0, 0.05) is 63.1 Å². The lowest BCUT2D eigenvalue weighted by Gasteiger charge is -2.42. The Labute approximate surface area is 191 Å². The van der Waals surface area contributed by atoms with Gasteiger partial charge in [0.05, 0.1) is 13.2 Å². The number of hydrogen-bond acceptors (Lipinski definition) is 5. The average Bonchev–Trinajstić information content (AvgIpc) is 3.14. The number of fused-ring (bicyclic) bond motifs is 1. The maximum absolute atomic E-state index is 13.3. The van der Waals surface area contributed by atoms with Crippen molar-refractivity contribution < 1.29 is 9.53 Å². The van der Waals surface area contributed by atoms with Crippen LogP contribution in [0.2, 0.25) is 0 Å². The Morgan fingerprint density at radius 3 is 2.69 bits per heavy atom. The minimum absolute atomic E-state index is 0.000000320. The molecule has 1 aliphatic carbocycles. The van der Waals surface area contributed by atoms with E-state index >= 15 is 0 Å². The third-order valence-electron chi connectivity index (χ3n) is 6.96. The van der Waals surface area contributed by atoms with Crippen LogP contribution in [0, 0.1) is 0 Å². The summed E-state index contributed by atoms with van der Waals surface area (Å²) in [5, 5.41) is 8.45. The van der Waals surface area contributed by atoms with Crippen molar-refractivity contribution in [1.82, 2.24) is 24.9 Å². The highest BCUT2D eigenvalue weighted by Crippen LogP contribution is 2.26. The Kier molecular flexibility index (Phi) is 6.98. The number of ether oxygens (including phenoxy) is 1. The summed E-state index contributed by atoms with van der Waals surface area (Å²) >= 11 is 0. The fourth-order valence-electron chi connectivity index (χ4n) is 4.92. The molecule has 7 nitrogen and oxygen atoms in total. The van der Waals surface area contributed by atoms with E-state index in [-0.39, 0.29) is 11.4 Å². The van der Waals surface area contributed by atoms with Crippen LogP contribution in [0.25, 0.3) is 0 Å². The van der Waals surface area contributed by atoms with Gasteiger partial charge in [0.2, 0.25) is 0 Å². The van der Waals surface area contributed by atoms with Gasteiger partial charge < -0.3 is 15.0 Å². The van der Waals surface area contributed by atoms with Crippen LogP contribution in [0.1, 0.15) is 47.6 Å². The van der Waals surface area contributed by atoms with Crippen LogP contribution < -0.4 is 5.32 Å². The lowest BCUT2D eigenvalue weighted by Crippen LogP contribution is -2.56. The van der Waals surface area contributed by atoms with Crippen LogP contribution in [-0.2, 0) is 31.2 Å². The van der Waals surface area contributed by atoms with Crippen LogP contribution in [0.5, 0.6) is 0 Å². The molecule has 1 unspecified atom stereocenters. The number of hydrogen-bond donors (Lipinski definition) is 1. The molecule has 32 heavy (non-hydrogen) atoms. The van der Waals surface area contributed by atoms with E-state index in [9.17, 15) is 4.79 Å². The highest BCUT2D eigenvalue weighted by molar-refractivity contribution is 5.94. The molecule has 7 heteroatoms. The minimum Gasteiger partial charge on any atom is -0.379 e. The summed E-state index contributed by atoms with van der Waals surface area (Å²) in [5.41, 5.74) is 4.13. The number of rotatable bonds is 7. The molecule has 0 radical (unpaired) electrons. The van der Waals surface area contributed by atoms with E-state index in [4.69, 9.17) is 4.74 Å². The molecule has 0 spiro atoms. The zero-order chi connectivity index (χ0) is 22.7. The average molecular weight is 440 g/mol. The van der Waals surface area contributed by atoms with Crippen molar-refractivity contribution in [2.45, 2.75) is 51.2 Å². The quantitative estimate of drug-likeness (QED) is 0.717. The number of aromatic nitrogens is 2. The van der Waals surface area contributed by atoms with Crippen molar-refractivity contribution in [2.24, 2.45) is 7.05 Å². The fraction of sp³-hybridized carbons (Fsp3) is 0.600. The van der Waals surface area contributed by atoms with Crippen LogP contribution in [0.4, 0.5) is 0 Å². The van der Waals surface area contributed by atoms with Crippen molar-refractivity contribution >= 4 is 5.91 Å². The summed E-state index contributed by atoms with van der Waals surface area (Å²) in [6.07, 6.45) is 2.87. The van der Waals surface area contributed by atoms with Crippen molar-refractivity contribution in [3.8, 4) is 0 Å². The second-order valence-electron chi connectivity index (χ2n) is 9.78. The number of carbonyl (C=O) groups excluding carboxylic acids is 1. The van der Waals surface area contributed by atoms with Gasteiger partial charge in [-0.05, 0) is 38.7 Å². The highest BCUT2D eigenvalue weighted by Gasteiger charge is 2.32. The molecule has 4 rings (SSSR count). The van der Waals surface area contributed by atoms with Gasteiger partial charge in [-0.25, -0.2) is 0 Å². The van der Waals surface area contributed by atoms with Crippen LogP contribution in [0.3, 0.4) is 0 Å². The van der Waals surface area contributed by atoms with Crippen LogP contribution in [0.15, 0.2) is 30.3 Å². The number of aryl methyl sites for hydroxylation is 1. The van der Waals surface area contributed by atoms with Gasteiger partial charge in [0.1, 0.15) is 0 Å². The number of amides is 1.